The molecule has 0 spiro atoms. The fourth-order valence-corrected chi connectivity index (χ4v) is 3.20. The number of carbonyl (C=O) groups is 2. The van der Waals surface area contributed by atoms with Crippen molar-refractivity contribution in [3.8, 4) is 5.75 Å². The Kier molecular flexibility index (Phi) is 5.93. The second-order valence-electron chi connectivity index (χ2n) is 5.73. The van der Waals surface area contributed by atoms with E-state index in [0.717, 1.165) is 17.7 Å². The third-order valence-electron chi connectivity index (χ3n) is 3.76. The van der Waals surface area contributed by atoms with Gasteiger partial charge in [0.1, 0.15) is 12.4 Å². The molecule has 0 radical (unpaired) electrons. The molecule has 0 atom stereocenters. The Labute approximate surface area is 161 Å². The summed E-state index contributed by atoms with van der Waals surface area (Å²) < 4.78 is 5.03. The van der Waals surface area contributed by atoms with Gasteiger partial charge in [-0.15, -0.1) is 0 Å². The highest BCUT2D eigenvalue weighted by molar-refractivity contribution is 8.18. The second kappa shape index (κ2) is 8.55. The number of thioether (sulfide) groups is 1. The maximum Gasteiger partial charge on any atom is 0.264 e. The zero-order chi connectivity index (χ0) is 19.2. The lowest BCUT2D eigenvalue weighted by Crippen LogP contribution is -2.28. The number of carboxylic acid groups (broad SMARTS) is 1. The molecule has 27 heavy (non-hydrogen) atoms. The molecule has 0 saturated carbocycles. The molecule has 138 valence electrons. The number of aliphatic carboxylic acids is 1. The van der Waals surface area contributed by atoms with E-state index in [-0.39, 0.29) is 5.91 Å². The summed E-state index contributed by atoms with van der Waals surface area (Å²) in [6.45, 7) is 1.59. The van der Waals surface area contributed by atoms with Crippen molar-refractivity contribution < 1.29 is 19.4 Å². The summed E-state index contributed by atoms with van der Waals surface area (Å²) in [5, 5.41) is 13.7. The number of benzene rings is 2. The van der Waals surface area contributed by atoms with Gasteiger partial charge in [0.05, 0.1) is 16.6 Å². The number of aliphatic imine (C=N–C) groups is 1. The first-order valence-electron chi connectivity index (χ1n) is 8.34. The fraction of sp³-hybridized carbons (Fsp3) is 0.150. The van der Waals surface area contributed by atoms with Crippen molar-refractivity contribution in [2.45, 2.75) is 13.3 Å². The van der Waals surface area contributed by atoms with Crippen LogP contribution in [0.15, 0.2) is 58.4 Å². The lowest BCUT2D eigenvalue weighted by Gasteiger charge is -2.06. The monoisotopic (exact) mass is 381 g/mol. The Bertz CT molecular complexity index is 903. The van der Waals surface area contributed by atoms with E-state index < -0.39 is 12.6 Å². The van der Waals surface area contributed by atoms with Crippen molar-refractivity contribution in [2.75, 3.05) is 6.61 Å². The minimum atomic E-state index is -1.28. The summed E-state index contributed by atoms with van der Waals surface area (Å²) in [6.07, 6.45) is 2.71. The van der Waals surface area contributed by atoms with Crippen LogP contribution in [0, 0.1) is 0 Å². The Hall–Kier alpha value is -3.06. The summed E-state index contributed by atoms with van der Waals surface area (Å²) in [5.41, 5.74) is 2.81. The number of rotatable bonds is 6. The van der Waals surface area contributed by atoms with Crippen LogP contribution in [0.1, 0.15) is 18.1 Å². The molecule has 7 heteroatoms. The van der Waals surface area contributed by atoms with Crippen molar-refractivity contribution in [2.24, 2.45) is 4.99 Å². The molecule has 1 aliphatic rings. The van der Waals surface area contributed by atoms with Crippen LogP contribution in [0.4, 0.5) is 5.69 Å². The van der Waals surface area contributed by atoms with Gasteiger partial charge in [0.25, 0.3) is 5.91 Å². The molecule has 2 aromatic rings. The number of amidine groups is 1. The fourth-order valence-electron chi connectivity index (χ4n) is 2.36. The van der Waals surface area contributed by atoms with E-state index >= 15 is 0 Å². The first-order chi connectivity index (χ1) is 13.0. The molecule has 2 aromatic carbocycles. The van der Waals surface area contributed by atoms with Crippen molar-refractivity contribution in [1.82, 2.24) is 5.32 Å². The quantitative estimate of drug-likeness (QED) is 0.775. The third kappa shape index (κ3) is 5.21. The number of ether oxygens (including phenoxy) is 1. The third-order valence-corrected chi connectivity index (χ3v) is 4.67. The van der Waals surface area contributed by atoms with Crippen LogP contribution in [0.2, 0.25) is 0 Å². The largest absolute Gasteiger partial charge is 0.546 e. The van der Waals surface area contributed by atoms with Crippen molar-refractivity contribution in [3.05, 3.63) is 64.6 Å². The molecule has 0 aliphatic carbocycles. The van der Waals surface area contributed by atoms with Crippen LogP contribution in [-0.2, 0) is 16.0 Å². The van der Waals surface area contributed by atoms with Gasteiger partial charge in [0.2, 0.25) is 0 Å². The van der Waals surface area contributed by atoms with E-state index in [1.807, 2.05) is 24.3 Å². The second-order valence-corrected chi connectivity index (χ2v) is 6.76. The minimum absolute atomic E-state index is 0.207. The summed E-state index contributed by atoms with van der Waals surface area (Å²) in [4.78, 5) is 27.5. The maximum absolute atomic E-state index is 12.1. The van der Waals surface area contributed by atoms with E-state index in [2.05, 4.69) is 17.2 Å². The molecule has 1 fully saturated rings. The van der Waals surface area contributed by atoms with Gasteiger partial charge >= 0.3 is 0 Å². The average Bonchev–Trinajstić information content (AvgIpc) is 3.00. The zero-order valence-electron chi connectivity index (χ0n) is 14.6. The molecule has 1 N–H and O–H groups in total. The number of hydrogen-bond donors (Lipinski definition) is 1. The van der Waals surface area contributed by atoms with Crippen molar-refractivity contribution in [1.29, 1.82) is 0 Å². The molecule has 0 unspecified atom stereocenters. The van der Waals surface area contributed by atoms with E-state index in [1.54, 1.807) is 30.3 Å². The molecule has 1 amide bonds. The van der Waals surface area contributed by atoms with Gasteiger partial charge in [-0.05, 0) is 59.7 Å². The van der Waals surface area contributed by atoms with E-state index in [4.69, 9.17) is 4.74 Å². The Morgan fingerprint density at radius 2 is 1.89 bits per heavy atom. The molecule has 3 rings (SSSR count). The SMILES string of the molecule is CCc1ccc(N=C2NC(=O)/C(=C/c3ccc(OCC(=O)[O-])cc3)S2)cc1. The summed E-state index contributed by atoms with van der Waals surface area (Å²) in [5.74, 6) is -1.07. The highest BCUT2D eigenvalue weighted by Crippen LogP contribution is 2.28. The zero-order valence-corrected chi connectivity index (χ0v) is 15.4. The first-order valence-corrected chi connectivity index (χ1v) is 9.16. The van der Waals surface area contributed by atoms with Gasteiger partial charge in [0.15, 0.2) is 5.17 Å². The number of carbonyl (C=O) groups excluding carboxylic acids is 2. The Morgan fingerprint density at radius 1 is 1.19 bits per heavy atom. The van der Waals surface area contributed by atoms with E-state index in [9.17, 15) is 14.7 Å². The molecule has 0 aromatic heterocycles. The molecular weight excluding hydrogens is 364 g/mol. The number of carboxylic acids is 1. The van der Waals surface area contributed by atoms with Gasteiger partial charge in [0, 0.05) is 0 Å². The highest BCUT2D eigenvalue weighted by atomic mass is 32.2. The van der Waals surface area contributed by atoms with Gasteiger partial charge in [-0.1, -0.05) is 31.2 Å². The lowest BCUT2D eigenvalue weighted by molar-refractivity contribution is -0.307. The van der Waals surface area contributed by atoms with Crippen LogP contribution in [0.3, 0.4) is 0 Å². The predicted octanol–water partition coefficient (Wildman–Crippen LogP) is 2.27. The summed E-state index contributed by atoms with van der Waals surface area (Å²) in [7, 11) is 0. The van der Waals surface area contributed by atoms with Gasteiger partial charge in [-0.3, -0.25) is 4.79 Å². The lowest BCUT2D eigenvalue weighted by atomic mass is 10.2. The molecule has 6 nitrogen and oxygen atoms in total. The van der Waals surface area contributed by atoms with Crippen LogP contribution in [-0.4, -0.2) is 23.7 Å². The number of aryl methyl sites for hydroxylation is 1. The Morgan fingerprint density at radius 3 is 2.52 bits per heavy atom. The first kappa shape index (κ1) is 18.7. The topological polar surface area (TPSA) is 90.8 Å². The van der Waals surface area contributed by atoms with Crippen molar-refractivity contribution in [3.63, 3.8) is 0 Å². The number of hydrogen-bond acceptors (Lipinski definition) is 6. The van der Waals surface area contributed by atoms with E-state index in [1.165, 1.54) is 17.3 Å². The average molecular weight is 381 g/mol. The van der Waals surface area contributed by atoms with Crippen LogP contribution < -0.4 is 15.2 Å². The predicted molar refractivity (Wildman–Crippen MR) is 104 cm³/mol. The normalized spacial score (nSPS) is 16.6. The number of nitrogens with zero attached hydrogens (tertiary/aromatic N) is 1. The number of nitrogens with one attached hydrogen (secondary N) is 1. The standard InChI is InChI=1S/C20H18N2O4S/c1-2-13-3-7-15(8-4-13)21-20-22-19(25)17(27-20)11-14-5-9-16(10-6-14)26-12-18(23)24/h3-11H,2,12H2,1H3,(H,23,24)(H,21,22,25)/p-1/b17-11-. The van der Waals surface area contributed by atoms with Crippen molar-refractivity contribution >= 4 is 40.6 Å². The van der Waals surface area contributed by atoms with Crippen LogP contribution >= 0.6 is 11.8 Å². The smallest absolute Gasteiger partial charge is 0.264 e. The van der Waals surface area contributed by atoms with Gasteiger partial charge < -0.3 is 20.0 Å². The molecule has 1 aliphatic heterocycles. The maximum atomic E-state index is 12.1. The highest BCUT2D eigenvalue weighted by Gasteiger charge is 2.23. The number of amides is 1. The van der Waals surface area contributed by atoms with Crippen LogP contribution in [0.25, 0.3) is 6.08 Å². The molecular formula is C20H17N2O4S-. The minimum Gasteiger partial charge on any atom is -0.546 e. The summed E-state index contributed by atoms with van der Waals surface area (Å²) in [6, 6.07) is 14.6. The summed E-state index contributed by atoms with van der Waals surface area (Å²) >= 11 is 1.27. The van der Waals surface area contributed by atoms with Crippen LogP contribution in [0.5, 0.6) is 5.75 Å². The van der Waals surface area contributed by atoms with Gasteiger partial charge in [-0.25, -0.2) is 4.99 Å². The Balaban J connectivity index is 1.69. The molecule has 1 saturated heterocycles. The van der Waals surface area contributed by atoms with Gasteiger partial charge in [-0.2, -0.15) is 0 Å². The molecule has 0 bridgehead atoms. The van der Waals surface area contributed by atoms with E-state index in [0.29, 0.717) is 15.8 Å². The molecule has 1 heterocycles.